The second-order valence-electron chi connectivity index (χ2n) is 4.16. The van der Waals surface area contributed by atoms with Gasteiger partial charge < -0.3 is 29.2 Å². The maximum Gasteiger partial charge on any atom is 0.338 e. The number of hydrogen-bond donors (Lipinski definition) is 2. The van der Waals surface area contributed by atoms with Crippen molar-refractivity contribution < 1.29 is 38.7 Å². The fraction of sp³-hybridized carbons (Fsp3) is 0.833. The number of carbonyl (C=O) groups is 2. The largest absolute Gasteiger partial charge is 0.464 e. The fourth-order valence-corrected chi connectivity index (χ4v) is 1.84. The van der Waals surface area contributed by atoms with Gasteiger partial charge in [0.1, 0.15) is 12.2 Å². The van der Waals surface area contributed by atoms with E-state index in [9.17, 15) is 19.8 Å². The van der Waals surface area contributed by atoms with Crippen LogP contribution >= 0.6 is 0 Å². The van der Waals surface area contributed by atoms with E-state index in [1.54, 1.807) is 13.8 Å². The standard InChI is InChI=1S/C12H20O8/c1-4-17-11(15)8(14)9-7(13)10(12(16)18-5-2)20-6(3)19-9/h6-10,13-14H,4-5H2,1-3H3/t6?,7-,8-,9+,10+/m1/s1. The molecule has 0 saturated carbocycles. The van der Waals surface area contributed by atoms with Crippen molar-refractivity contribution in [3.8, 4) is 0 Å². The van der Waals surface area contributed by atoms with Gasteiger partial charge in [-0.2, -0.15) is 0 Å². The minimum atomic E-state index is -1.71. The molecule has 20 heavy (non-hydrogen) atoms. The van der Waals surface area contributed by atoms with E-state index in [4.69, 9.17) is 14.2 Å². The maximum absolute atomic E-state index is 11.7. The first-order valence-corrected chi connectivity index (χ1v) is 6.42. The normalized spacial score (nSPS) is 31.4. The second-order valence-corrected chi connectivity index (χ2v) is 4.16. The van der Waals surface area contributed by atoms with Crippen molar-refractivity contribution in [2.45, 2.75) is 51.5 Å². The zero-order valence-corrected chi connectivity index (χ0v) is 11.6. The van der Waals surface area contributed by atoms with Crippen LogP contribution in [-0.2, 0) is 28.5 Å². The summed E-state index contributed by atoms with van der Waals surface area (Å²) in [5, 5.41) is 19.8. The summed E-state index contributed by atoms with van der Waals surface area (Å²) in [7, 11) is 0. The molecule has 0 spiro atoms. The Kier molecular flexibility index (Phi) is 6.34. The number of aliphatic hydroxyl groups excluding tert-OH is 2. The Hall–Kier alpha value is -1.22. The Labute approximate surface area is 116 Å². The zero-order valence-electron chi connectivity index (χ0n) is 11.6. The van der Waals surface area contributed by atoms with Crippen molar-refractivity contribution in [2.24, 2.45) is 0 Å². The summed E-state index contributed by atoms with van der Waals surface area (Å²) in [6, 6.07) is 0. The Balaban J connectivity index is 2.80. The first-order valence-electron chi connectivity index (χ1n) is 6.42. The van der Waals surface area contributed by atoms with Crippen molar-refractivity contribution in [3.63, 3.8) is 0 Å². The van der Waals surface area contributed by atoms with Gasteiger partial charge in [0.2, 0.25) is 0 Å². The molecule has 0 aromatic heterocycles. The summed E-state index contributed by atoms with van der Waals surface area (Å²) in [5.41, 5.74) is 0. The topological polar surface area (TPSA) is 112 Å². The van der Waals surface area contributed by atoms with Crippen molar-refractivity contribution >= 4 is 11.9 Å². The molecule has 2 N–H and O–H groups in total. The molecule has 0 radical (unpaired) electrons. The molecule has 8 heteroatoms. The van der Waals surface area contributed by atoms with Gasteiger partial charge in [-0.25, -0.2) is 9.59 Å². The van der Waals surface area contributed by atoms with Crippen LogP contribution in [0.2, 0.25) is 0 Å². The van der Waals surface area contributed by atoms with Gasteiger partial charge in [0, 0.05) is 0 Å². The monoisotopic (exact) mass is 292 g/mol. The molecule has 0 aliphatic carbocycles. The maximum atomic E-state index is 11.7. The molecule has 0 aromatic carbocycles. The molecule has 0 amide bonds. The molecular weight excluding hydrogens is 272 g/mol. The van der Waals surface area contributed by atoms with Crippen molar-refractivity contribution in [3.05, 3.63) is 0 Å². The van der Waals surface area contributed by atoms with Crippen LogP contribution in [0.15, 0.2) is 0 Å². The Bertz CT molecular complexity index is 344. The van der Waals surface area contributed by atoms with E-state index < -0.39 is 42.6 Å². The molecular formula is C12H20O8. The highest BCUT2D eigenvalue weighted by atomic mass is 16.7. The van der Waals surface area contributed by atoms with Gasteiger partial charge in [-0.15, -0.1) is 0 Å². The molecule has 1 rings (SSSR count). The van der Waals surface area contributed by atoms with Gasteiger partial charge >= 0.3 is 11.9 Å². The number of rotatable bonds is 5. The first-order chi connectivity index (χ1) is 9.42. The molecule has 116 valence electrons. The van der Waals surface area contributed by atoms with Crippen molar-refractivity contribution in [1.29, 1.82) is 0 Å². The van der Waals surface area contributed by atoms with Crippen LogP contribution in [0, 0.1) is 0 Å². The van der Waals surface area contributed by atoms with E-state index >= 15 is 0 Å². The Morgan fingerprint density at radius 1 is 1.20 bits per heavy atom. The molecule has 5 atom stereocenters. The van der Waals surface area contributed by atoms with Crippen LogP contribution in [0.3, 0.4) is 0 Å². The van der Waals surface area contributed by atoms with E-state index in [1.165, 1.54) is 6.92 Å². The molecule has 8 nitrogen and oxygen atoms in total. The van der Waals surface area contributed by atoms with Gasteiger partial charge in [-0.1, -0.05) is 0 Å². The minimum Gasteiger partial charge on any atom is -0.464 e. The summed E-state index contributed by atoms with van der Waals surface area (Å²) in [6.45, 7) is 4.86. The molecule has 1 heterocycles. The SMILES string of the molecule is CCOC(=O)[C@H]1OC(C)O[C@H]([C@@H](O)C(=O)OCC)[C@H]1O. The van der Waals surface area contributed by atoms with Crippen LogP contribution in [0.25, 0.3) is 0 Å². The Morgan fingerprint density at radius 2 is 1.80 bits per heavy atom. The quantitative estimate of drug-likeness (QED) is 0.618. The highest BCUT2D eigenvalue weighted by Gasteiger charge is 2.47. The lowest BCUT2D eigenvalue weighted by atomic mass is 10.0. The Morgan fingerprint density at radius 3 is 2.35 bits per heavy atom. The summed E-state index contributed by atoms with van der Waals surface area (Å²) >= 11 is 0. The number of aliphatic hydroxyl groups is 2. The first kappa shape index (κ1) is 16.8. The van der Waals surface area contributed by atoms with Gasteiger partial charge in [0.15, 0.2) is 18.5 Å². The molecule has 0 aromatic rings. The van der Waals surface area contributed by atoms with E-state index in [-0.39, 0.29) is 13.2 Å². The minimum absolute atomic E-state index is 0.0755. The van der Waals surface area contributed by atoms with E-state index in [2.05, 4.69) is 4.74 Å². The molecule has 1 fully saturated rings. The lowest BCUT2D eigenvalue weighted by Crippen LogP contribution is -2.58. The highest BCUT2D eigenvalue weighted by Crippen LogP contribution is 2.23. The molecule has 1 aliphatic heterocycles. The second kappa shape index (κ2) is 7.53. The van der Waals surface area contributed by atoms with Crippen LogP contribution in [0.5, 0.6) is 0 Å². The van der Waals surface area contributed by atoms with Gasteiger partial charge in [-0.3, -0.25) is 0 Å². The van der Waals surface area contributed by atoms with Gasteiger partial charge in [-0.05, 0) is 20.8 Å². The lowest BCUT2D eigenvalue weighted by molar-refractivity contribution is -0.291. The summed E-state index contributed by atoms with van der Waals surface area (Å²) in [6.07, 6.45) is -6.79. The van der Waals surface area contributed by atoms with Crippen LogP contribution in [-0.4, -0.2) is 66.1 Å². The number of esters is 2. The van der Waals surface area contributed by atoms with Gasteiger partial charge in [0.25, 0.3) is 0 Å². The summed E-state index contributed by atoms with van der Waals surface area (Å²) in [4.78, 5) is 23.1. The predicted octanol–water partition coefficient (Wildman–Crippen LogP) is -1.04. The predicted molar refractivity (Wildman–Crippen MR) is 64.5 cm³/mol. The van der Waals surface area contributed by atoms with E-state index in [1.807, 2.05) is 0 Å². The van der Waals surface area contributed by atoms with Crippen LogP contribution in [0.1, 0.15) is 20.8 Å². The highest BCUT2D eigenvalue weighted by molar-refractivity contribution is 5.77. The van der Waals surface area contributed by atoms with Crippen LogP contribution in [0.4, 0.5) is 0 Å². The molecule has 1 unspecified atom stereocenters. The van der Waals surface area contributed by atoms with Crippen LogP contribution < -0.4 is 0 Å². The number of ether oxygens (including phenoxy) is 4. The van der Waals surface area contributed by atoms with Gasteiger partial charge in [0.05, 0.1) is 13.2 Å². The smallest absolute Gasteiger partial charge is 0.338 e. The molecule has 0 bridgehead atoms. The lowest BCUT2D eigenvalue weighted by Gasteiger charge is -2.38. The summed E-state index contributed by atoms with van der Waals surface area (Å²) in [5.74, 6) is -1.72. The molecule has 1 saturated heterocycles. The summed E-state index contributed by atoms with van der Waals surface area (Å²) < 4.78 is 19.7. The third-order valence-electron chi connectivity index (χ3n) is 2.69. The third kappa shape index (κ3) is 3.89. The average Bonchev–Trinajstić information content (AvgIpc) is 2.40. The molecule has 1 aliphatic rings. The number of hydrogen-bond acceptors (Lipinski definition) is 8. The average molecular weight is 292 g/mol. The number of carbonyl (C=O) groups excluding carboxylic acids is 2. The fourth-order valence-electron chi connectivity index (χ4n) is 1.84. The van der Waals surface area contributed by atoms with E-state index in [0.29, 0.717) is 0 Å². The van der Waals surface area contributed by atoms with E-state index in [0.717, 1.165) is 0 Å². The van der Waals surface area contributed by atoms with Crippen molar-refractivity contribution in [1.82, 2.24) is 0 Å². The van der Waals surface area contributed by atoms with Crippen molar-refractivity contribution in [2.75, 3.05) is 13.2 Å². The zero-order chi connectivity index (χ0) is 15.3. The third-order valence-corrected chi connectivity index (χ3v) is 2.69.